The first-order valence-electron chi connectivity index (χ1n) is 8.17. The summed E-state index contributed by atoms with van der Waals surface area (Å²) in [5.74, 6) is 0.952. The molecule has 104 valence electrons. The van der Waals surface area contributed by atoms with Crippen molar-refractivity contribution in [1.82, 2.24) is 5.32 Å². The lowest BCUT2D eigenvalue weighted by molar-refractivity contribution is 0.184. The standard InChI is InChI=1S/C17H31N/c1-3-13-18-14-17(11-9-15(2)10-12-17)16-7-5-4-6-8-16/h7,15,18H,3-6,8-14H2,1-2H3. The molecular weight excluding hydrogens is 218 g/mol. The van der Waals surface area contributed by atoms with E-state index in [4.69, 9.17) is 0 Å². The van der Waals surface area contributed by atoms with Gasteiger partial charge in [0.25, 0.3) is 0 Å². The van der Waals surface area contributed by atoms with E-state index in [1.54, 1.807) is 0 Å². The van der Waals surface area contributed by atoms with E-state index >= 15 is 0 Å². The molecule has 1 fully saturated rings. The highest BCUT2D eigenvalue weighted by molar-refractivity contribution is 5.18. The molecule has 0 aliphatic heterocycles. The molecule has 1 saturated carbocycles. The van der Waals surface area contributed by atoms with E-state index in [2.05, 4.69) is 25.2 Å². The molecule has 0 radical (unpaired) electrons. The number of hydrogen-bond donors (Lipinski definition) is 1. The van der Waals surface area contributed by atoms with Crippen LogP contribution < -0.4 is 5.32 Å². The Kier molecular flexibility index (Phi) is 5.29. The smallest absolute Gasteiger partial charge is 0.00452 e. The summed E-state index contributed by atoms with van der Waals surface area (Å²) in [5.41, 5.74) is 2.34. The van der Waals surface area contributed by atoms with Gasteiger partial charge in [-0.05, 0) is 70.3 Å². The van der Waals surface area contributed by atoms with Crippen molar-refractivity contribution < 1.29 is 0 Å². The van der Waals surface area contributed by atoms with Gasteiger partial charge in [0.05, 0.1) is 0 Å². The normalized spacial score (nSPS) is 33.2. The largest absolute Gasteiger partial charge is 0.316 e. The number of hydrogen-bond acceptors (Lipinski definition) is 1. The third-order valence-corrected chi connectivity index (χ3v) is 5.09. The molecule has 1 N–H and O–H groups in total. The van der Waals surface area contributed by atoms with Crippen molar-refractivity contribution in [2.75, 3.05) is 13.1 Å². The summed E-state index contributed by atoms with van der Waals surface area (Å²) in [6.45, 7) is 7.12. The van der Waals surface area contributed by atoms with Gasteiger partial charge in [-0.1, -0.05) is 25.5 Å². The van der Waals surface area contributed by atoms with Gasteiger partial charge in [0.2, 0.25) is 0 Å². The molecule has 2 aliphatic rings. The van der Waals surface area contributed by atoms with Crippen LogP contribution in [0, 0.1) is 11.3 Å². The molecule has 0 atom stereocenters. The summed E-state index contributed by atoms with van der Waals surface area (Å²) < 4.78 is 0. The first kappa shape index (κ1) is 14.1. The summed E-state index contributed by atoms with van der Waals surface area (Å²) in [6.07, 6.45) is 15.1. The highest BCUT2D eigenvalue weighted by Crippen LogP contribution is 2.46. The van der Waals surface area contributed by atoms with Crippen molar-refractivity contribution in [3.05, 3.63) is 11.6 Å². The zero-order valence-corrected chi connectivity index (χ0v) is 12.4. The van der Waals surface area contributed by atoms with Gasteiger partial charge in [0.1, 0.15) is 0 Å². The lowest BCUT2D eigenvalue weighted by atomic mass is 9.64. The molecule has 0 amide bonds. The molecule has 0 aromatic carbocycles. The monoisotopic (exact) mass is 249 g/mol. The van der Waals surface area contributed by atoms with E-state index in [1.807, 2.05) is 5.57 Å². The fraction of sp³-hybridized carbons (Fsp3) is 0.882. The molecule has 0 aromatic rings. The van der Waals surface area contributed by atoms with E-state index < -0.39 is 0 Å². The van der Waals surface area contributed by atoms with Crippen LogP contribution in [0.1, 0.15) is 71.6 Å². The molecule has 0 spiro atoms. The number of rotatable bonds is 5. The van der Waals surface area contributed by atoms with E-state index in [1.165, 1.54) is 70.9 Å². The summed E-state index contributed by atoms with van der Waals surface area (Å²) in [6, 6.07) is 0. The van der Waals surface area contributed by atoms with Gasteiger partial charge in [-0.25, -0.2) is 0 Å². The van der Waals surface area contributed by atoms with Crippen molar-refractivity contribution in [3.8, 4) is 0 Å². The lowest BCUT2D eigenvalue weighted by Gasteiger charge is -2.43. The molecule has 2 aliphatic carbocycles. The third-order valence-electron chi connectivity index (χ3n) is 5.09. The zero-order valence-electron chi connectivity index (χ0n) is 12.4. The van der Waals surface area contributed by atoms with Gasteiger partial charge in [-0.15, -0.1) is 0 Å². The number of allylic oxidation sites excluding steroid dienone is 1. The molecule has 0 unspecified atom stereocenters. The Morgan fingerprint density at radius 2 is 2.06 bits per heavy atom. The SMILES string of the molecule is CCCNCC1(C2=CCCCC2)CCC(C)CC1. The minimum Gasteiger partial charge on any atom is -0.316 e. The van der Waals surface area contributed by atoms with Gasteiger partial charge >= 0.3 is 0 Å². The van der Waals surface area contributed by atoms with E-state index in [0.717, 1.165) is 5.92 Å². The molecule has 0 saturated heterocycles. The minimum absolute atomic E-state index is 0.530. The average Bonchev–Trinajstić information content (AvgIpc) is 2.43. The van der Waals surface area contributed by atoms with Gasteiger partial charge in [0.15, 0.2) is 0 Å². The molecular formula is C17H31N. The van der Waals surface area contributed by atoms with Gasteiger partial charge in [-0.3, -0.25) is 0 Å². The Hall–Kier alpha value is -0.300. The van der Waals surface area contributed by atoms with Crippen LogP contribution >= 0.6 is 0 Å². The second-order valence-corrected chi connectivity index (χ2v) is 6.61. The highest BCUT2D eigenvalue weighted by Gasteiger charge is 2.37. The first-order valence-corrected chi connectivity index (χ1v) is 8.17. The van der Waals surface area contributed by atoms with Crippen LogP contribution in [0.5, 0.6) is 0 Å². The van der Waals surface area contributed by atoms with Crippen LogP contribution in [0.3, 0.4) is 0 Å². The van der Waals surface area contributed by atoms with Crippen molar-refractivity contribution in [1.29, 1.82) is 0 Å². The second kappa shape index (κ2) is 6.75. The van der Waals surface area contributed by atoms with Crippen LogP contribution in [0.25, 0.3) is 0 Å². The molecule has 1 nitrogen and oxygen atoms in total. The minimum atomic E-state index is 0.530. The topological polar surface area (TPSA) is 12.0 Å². The fourth-order valence-corrected chi connectivity index (χ4v) is 3.75. The quantitative estimate of drug-likeness (QED) is 0.551. The van der Waals surface area contributed by atoms with Crippen molar-refractivity contribution in [2.24, 2.45) is 11.3 Å². The molecule has 18 heavy (non-hydrogen) atoms. The van der Waals surface area contributed by atoms with Gasteiger partial charge < -0.3 is 5.32 Å². The predicted molar refractivity (Wildman–Crippen MR) is 79.8 cm³/mol. The molecule has 1 heteroatoms. The van der Waals surface area contributed by atoms with Crippen molar-refractivity contribution in [2.45, 2.75) is 71.6 Å². The highest BCUT2D eigenvalue weighted by atomic mass is 14.9. The van der Waals surface area contributed by atoms with E-state index in [9.17, 15) is 0 Å². The lowest BCUT2D eigenvalue weighted by Crippen LogP contribution is -2.39. The van der Waals surface area contributed by atoms with E-state index in [0.29, 0.717) is 5.41 Å². The Labute approximate surface area is 113 Å². The molecule has 0 heterocycles. The maximum absolute atomic E-state index is 3.72. The van der Waals surface area contributed by atoms with Crippen LogP contribution in [0.2, 0.25) is 0 Å². The molecule has 0 aromatic heterocycles. The second-order valence-electron chi connectivity index (χ2n) is 6.61. The fourth-order valence-electron chi connectivity index (χ4n) is 3.75. The average molecular weight is 249 g/mol. The summed E-state index contributed by atoms with van der Waals surface area (Å²) in [7, 11) is 0. The van der Waals surface area contributed by atoms with Crippen LogP contribution in [0.15, 0.2) is 11.6 Å². The summed E-state index contributed by atoms with van der Waals surface area (Å²) in [4.78, 5) is 0. The van der Waals surface area contributed by atoms with E-state index in [-0.39, 0.29) is 0 Å². The molecule has 2 rings (SSSR count). The van der Waals surface area contributed by atoms with Crippen LogP contribution in [0.4, 0.5) is 0 Å². The van der Waals surface area contributed by atoms with Gasteiger partial charge in [0, 0.05) is 12.0 Å². The van der Waals surface area contributed by atoms with Crippen molar-refractivity contribution in [3.63, 3.8) is 0 Å². The Balaban J connectivity index is 2.03. The Morgan fingerprint density at radius 3 is 2.67 bits per heavy atom. The van der Waals surface area contributed by atoms with Gasteiger partial charge in [-0.2, -0.15) is 0 Å². The summed E-state index contributed by atoms with van der Waals surface area (Å²) in [5, 5.41) is 3.72. The third kappa shape index (κ3) is 3.38. The number of nitrogens with one attached hydrogen (secondary N) is 1. The van der Waals surface area contributed by atoms with Crippen molar-refractivity contribution >= 4 is 0 Å². The first-order chi connectivity index (χ1) is 8.77. The Bertz CT molecular complexity index is 271. The van der Waals surface area contributed by atoms with Crippen LogP contribution in [-0.2, 0) is 0 Å². The predicted octanol–water partition coefficient (Wildman–Crippen LogP) is 4.68. The van der Waals surface area contributed by atoms with Crippen LogP contribution in [-0.4, -0.2) is 13.1 Å². The maximum atomic E-state index is 3.72. The summed E-state index contributed by atoms with van der Waals surface area (Å²) >= 11 is 0. The molecule has 0 bridgehead atoms. The Morgan fingerprint density at radius 1 is 1.28 bits per heavy atom. The maximum Gasteiger partial charge on any atom is 0.00452 e. The zero-order chi connectivity index (χ0) is 12.8.